The van der Waals surface area contributed by atoms with E-state index in [9.17, 15) is 10.1 Å². The molecule has 0 atom stereocenters. The minimum absolute atomic E-state index is 0.137. The fourth-order valence-corrected chi connectivity index (χ4v) is 2.71. The molecule has 0 unspecified atom stereocenters. The van der Waals surface area contributed by atoms with Gasteiger partial charge in [-0.3, -0.25) is 4.79 Å². The fraction of sp³-hybridized carbons (Fsp3) is 0.333. The number of hydrogen-bond donors (Lipinski definition) is 0. The summed E-state index contributed by atoms with van der Waals surface area (Å²) in [5, 5.41) is 9.20. The standard InChI is InChI=1S/C15H15IN2O/c16-14-9-5-4-8-13(14)10-18(11-17)15(19)12-6-2-1-3-7-12/h4-6,8-9H,1-3,7,10H2. The van der Waals surface area contributed by atoms with E-state index in [1.165, 1.54) is 4.90 Å². The summed E-state index contributed by atoms with van der Waals surface area (Å²) >= 11 is 2.23. The van der Waals surface area contributed by atoms with E-state index < -0.39 is 0 Å². The maximum absolute atomic E-state index is 12.3. The first kappa shape index (κ1) is 14.1. The van der Waals surface area contributed by atoms with E-state index in [-0.39, 0.29) is 5.91 Å². The first-order chi connectivity index (χ1) is 9.22. The van der Waals surface area contributed by atoms with Gasteiger partial charge in [-0.25, -0.2) is 4.90 Å². The van der Waals surface area contributed by atoms with Crippen molar-refractivity contribution in [3.8, 4) is 6.19 Å². The lowest BCUT2D eigenvalue weighted by atomic mass is 9.98. The molecule has 19 heavy (non-hydrogen) atoms. The summed E-state index contributed by atoms with van der Waals surface area (Å²) in [6.45, 7) is 0.353. The van der Waals surface area contributed by atoms with E-state index >= 15 is 0 Å². The van der Waals surface area contributed by atoms with E-state index in [1.54, 1.807) is 0 Å². The summed E-state index contributed by atoms with van der Waals surface area (Å²) in [6, 6.07) is 7.81. The Hall–Kier alpha value is -1.35. The van der Waals surface area contributed by atoms with Crippen LogP contribution in [0.1, 0.15) is 31.2 Å². The molecule has 1 aliphatic rings. The highest BCUT2D eigenvalue weighted by atomic mass is 127. The number of nitriles is 1. The maximum Gasteiger partial charge on any atom is 0.262 e. The van der Waals surface area contributed by atoms with Gasteiger partial charge in [0, 0.05) is 9.14 Å². The Kier molecular flexibility index (Phi) is 4.97. The smallest absolute Gasteiger partial charge is 0.262 e. The van der Waals surface area contributed by atoms with Crippen LogP contribution >= 0.6 is 22.6 Å². The predicted molar refractivity (Wildman–Crippen MR) is 81.9 cm³/mol. The monoisotopic (exact) mass is 366 g/mol. The number of halogens is 1. The Labute approximate surface area is 127 Å². The number of hydrogen-bond acceptors (Lipinski definition) is 2. The molecule has 0 aromatic heterocycles. The second-order valence-electron chi connectivity index (χ2n) is 4.56. The van der Waals surface area contributed by atoms with Gasteiger partial charge in [0.15, 0.2) is 6.19 Å². The van der Waals surface area contributed by atoms with E-state index in [2.05, 4.69) is 22.6 Å². The lowest BCUT2D eigenvalue weighted by molar-refractivity contribution is -0.124. The van der Waals surface area contributed by atoms with Crippen LogP contribution in [-0.2, 0) is 11.3 Å². The van der Waals surface area contributed by atoms with Crippen molar-refractivity contribution in [2.75, 3.05) is 0 Å². The Morgan fingerprint density at radius 2 is 2.16 bits per heavy atom. The quantitative estimate of drug-likeness (QED) is 0.466. The molecular weight excluding hydrogens is 351 g/mol. The highest BCUT2D eigenvalue weighted by Gasteiger charge is 2.20. The molecule has 2 rings (SSSR count). The number of amides is 1. The van der Waals surface area contributed by atoms with Crippen LogP contribution in [0.2, 0.25) is 0 Å². The molecule has 1 amide bonds. The molecule has 0 heterocycles. The minimum Gasteiger partial charge on any atom is -0.268 e. The number of benzene rings is 1. The van der Waals surface area contributed by atoms with Crippen LogP contribution in [0.5, 0.6) is 0 Å². The van der Waals surface area contributed by atoms with Crippen molar-refractivity contribution < 1.29 is 4.79 Å². The Morgan fingerprint density at radius 3 is 2.79 bits per heavy atom. The molecule has 0 saturated carbocycles. The number of nitrogens with zero attached hydrogens (tertiary/aromatic N) is 2. The summed E-state index contributed by atoms with van der Waals surface area (Å²) in [5.41, 5.74) is 1.80. The molecular formula is C15H15IN2O. The molecule has 0 saturated heterocycles. The molecule has 0 spiro atoms. The van der Waals surface area contributed by atoms with E-state index in [0.29, 0.717) is 6.54 Å². The van der Waals surface area contributed by atoms with Gasteiger partial charge in [0.2, 0.25) is 0 Å². The van der Waals surface area contributed by atoms with Crippen LogP contribution in [-0.4, -0.2) is 10.8 Å². The van der Waals surface area contributed by atoms with Crippen molar-refractivity contribution in [1.82, 2.24) is 4.90 Å². The third-order valence-electron chi connectivity index (χ3n) is 3.22. The third-order valence-corrected chi connectivity index (χ3v) is 4.27. The fourth-order valence-electron chi connectivity index (χ4n) is 2.16. The molecule has 3 nitrogen and oxygen atoms in total. The van der Waals surface area contributed by atoms with E-state index in [0.717, 1.165) is 40.4 Å². The summed E-state index contributed by atoms with van der Waals surface area (Å²) in [5.74, 6) is -0.137. The van der Waals surface area contributed by atoms with Gasteiger partial charge >= 0.3 is 0 Å². The zero-order chi connectivity index (χ0) is 13.7. The lowest BCUT2D eigenvalue weighted by Crippen LogP contribution is -2.28. The van der Waals surface area contributed by atoms with Crippen LogP contribution < -0.4 is 0 Å². The SMILES string of the molecule is N#CN(Cc1ccccc1I)C(=O)C1=CCCCC1. The molecule has 1 aromatic carbocycles. The summed E-state index contributed by atoms with van der Waals surface area (Å²) in [6.07, 6.45) is 7.92. The molecule has 1 aromatic rings. The van der Waals surface area contributed by atoms with E-state index in [4.69, 9.17) is 0 Å². The molecule has 0 radical (unpaired) electrons. The minimum atomic E-state index is -0.137. The van der Waals surface area contributed by atoms with Gasteiger partial charge < -0.3 is 0 Å². The normalized spacial score (nSPS) is 14.4. The van der Waals surface area contributed by atoms with Gasteiger partial charge in [-0.15, -0.1) is 0 Å². The average molecular weight is 366 g/mol. The second-order valence-corrected chi connectivity index (χ2v) is 5.72. The Morgan fingerprint density at radius 1 is 1.37 bits per heavy atom. The van der Waals surface area contributed by atoms with Gasteiger partial charge in [0.1, 0.15) is 0 Å². The number of carbonyl (C=O) groups is 1. The van der Waals surface area contributed by atoms with Gasteiger partial charge in [-0.2, -0.15) is 5.26 Å². The van der Waals surface area contributed by atoms with Gasteiger partial charge in [-0.05, 0) is 59.9 Å². The zero-order valence-corrected chi connectivity index (χ0v) is 12.8. The van der Waals surface area contributed by atoms with Crippen molar-refractivity contribution >= 4 is 28.5 Å². The Bertz CT molecular complexity index is 545. The number of rotatable bonds is 3. The second kappa shape index (κ2) is 6.71. The van der Waals surface area contributed by atoms with Gasteiger partial charge in [0.05, 0.1) is 6.54 Å². The molecule has 1 aliphatic carbocycles. The van der Waals surface area contributed by atoms with Crippen LogP contribution in [0.4, 0.5) is 0 Å². The first-order valence-electron chi connectivity index (χ1n) is 6.36. The van der Waals surface area contributed by atoms with Crippen LogP contribution in [0.15, 0.2) is 35.9 Å². The lowest BCUT2D eigenvalue weighted by Gasteiger charge is -2.18. The molecule has 0 fully saturated rings. The summed E-state index contributed by atoms with van der Waals surface area (Å²) < 4.78 is 1.07. The molecule has 0 bridgehead atoms. The first-order valence-corrected chi connectivity index (χ1v) is 7.44. The highest BCUT2D eigenvalue weighted by molar-refractivity contribution is 14.1. The highest BCUT2D eigenvalue weighted by Crippen LogP contribution is 2.21. The Balaban J connectivity index is 2.13. The van der Waals surface area contributed by atoms with Crippen molar-refractivity contribution in [2.45, 2.75) is 32.2 Å². The maximum atomic E-state index is 12.3. The molecule has 98 valence electrons. The van der Waals surface area contributed by atoms with Gasteiger partial charge in [-0.1, -0.05) is 24.3 Å². The molecule has 4 heteroatoms. The van der Waals surface area contributed by atoms with Gasteiger partial charge in [0.25, 0.3) is 5.91 Å². The van der Waals surface area contributed by atoms with E-state index in [1.807, 2.05) is 36.5 Å². The number of allylic oxidation sites excluding steroid dienone is 1. The van der Waals surface area contributed by atoms with Crippen molar-refractivity contribution in [2.24, 2.45) is 0 Å². The largest absolute Gasteiger partial charge is 0.268 e. The van der Waals surface area contributed by atoms with Crippen molar-refractivity contribution in [3.63, 3.8) is 0 Å². The predicted octanol–water partition coefficient (Wildman–Crippen LogP) is 3.60. The summed E-state index contributed by atoms with van der Waals surface area (Å²) in [4.78, 5) is 13.5. The topological polar surface area (TPSA) is 44.1 Å². The van der Waals surface area contributed by atoms with Crippen molar-refractivity contribution in [3.05, 3.63) is 45.0 Å². The number of carbonyl (C=O) groups excluding carboxylic acids is 1. The zero-order valence-electron chi connectivity index (χ0n) is 10.6. The molecule has 0 aliphatic heterocycles. The van der Waals surface area contributed by atoms with Crippen molar-refractivity contribution in [1.29, 1.82) is 5.26 Å². The van der Waals surface area contributed by atoms with Crippen LogP contribution in [0.25, 0.3) is 0 Å². The average Bonchev–Trinajstić information content (AvgIpc) is 2.47. The van der Waals surface area contributed by atoms with Crippen LogP contribution in [0.3, 0.4) is 0 Å². The third kappa shape index (κ3) is 3.57. The van der Waals surface area contributed by atoms with Crippen LogP contribution in [0, 0.1) is 15.0 Å². The summed E-state index contributed by atoms with van der Waals surface area (Å²) in [7, 11) is 0. The molecule has 0 N–H and O–H groups in total.